The molecule has 0 fully saturated rings. The van der Waals surface area contributed by atoms with Crippen molar-refractivity contribution >= 4 is 6.21 Å². The highest BCUT2D eigenvalue weighted by Crippen LogP contribution is 2.09. The standard InChI is InChI=1S/C9H11NO/c1-10-7-8-3-5-9(11-2)6-4-8/h3-7H,1-2H3/b10-7+. The van der Waals surface area contributed by atoms with Crippen LogP contribution >= 0.6 is 0 Å². The SMILES string of the molecule is C/N=C/c1ccc(OC)cc1. The molecule has 2 heteroatoms. The first-order chi connectivity index (χ1) is 5.36. The van der Waals surface area contributed by atoms with E-state index in [4.69, 9.17) is 4.74 Å². The van der Waals surface area contributed by atoms with E-state index in [2.05, 4.69) is 4.99 Å². The highest BCUT2D eigenvalue weighted by Gasteiger charge is 1.88. The van der Waals surface area contributed by atoms with Gasteiger partial charge in [0.2, 0.25) is 0 Å². The molecule has 0 spiro atoms. The molecule has 1 aromatic carbocycles. The summed E-state index contributed by atoms with van der Waals surface area (Å²) in [5.41, 5.74) is 1.09. The molecule has 0 saturated heterocycles. The monoisotopic (exact) mass is 149 g/mol. The third-order valence-electron chi connectivity index (χ3n) is 1.39. The van der Waals surface area contributed by atoms with Crippen molar-refractivity contribution in [3.63, 3.8) is 0 Å². The number of rotatable bonds is 2. The van der Waals surface area contributed by atoms with Crippen molar-refractivity contribution in [1.29, 1.82) is 0 Å². The van der Waals surface area contributed by atoms with Gasteiger partial charge in [0.05, 0.1) is 7.11 Å². The summed E-state index contributed by atoms with van der Waals surface area (Å²) in [6.07, 6.45) is 1.80. The average Bonchev–Trinajstić information content (AvgIpc) is 2.07. The van der Waals surface area contributed by atoms with Crippen LogP contribution in [-0.2, 0) is 0 Å². The fourth-order valence-corrected chi connectivity index (χ4v) is 0.839. The van der Waals surface area contributed by atoms with E-state index in [1.165, 1.54) is 0 Å². The number of benzene rings is 1. The van der Waals surface area contributed by atoms with Gasteiger partial charge in [-0.15, -0.1) is 0 Å². The van der Waals surface area contributed by atoms with Crippen LogP contribution in [0.4, 0.5) is 0 Å². The van der Waals surface area contributed by atoms with Crippen molar-refractivity contribution < 1.29 is 4.74 Å². The molecule has 0 aliphatic rings. The number of nitrogens with zero attached hydrogens (tertiary/aromatic N) is 1. The van der Waals surface area contributed by atoms with Gasteiger partial charge in [0.25, 0.3) is 0 Å². The fourth-order valence-electron chi connectivity index (χ4n) is 0.839. The van der Waals surface area contributed by atoms with Crippen LogP contribution in [0.1, 0.15) is 5.56 Å². The summed E-state index contributed by atoms with van der Waals surface area (Å²) < 4.78 is 5.00. The van der Waals surface area contributed by atoms with Gasteiger partial charge < -0.3 is 4.74 Å². The molecule has 0 aliphatic heterocycles. The van der Waals surface area contributed by atoms with Gasteiger partial charge in [0.15, 0.2) is 0 Å². The highest BCUT2D eigenvalue weighted by atomic mass is 16.5. The minimum atomic E-state index is 0.873. The van der Waals surface area contributed by atoms with Crippen molar-refractivity contribution in [2.45, 2.75) is 0 Å². The van der Waals surface area contributed by atoms with Crippen molar-refractivity contribution in [2.24, 2.45) is 4.99 Å². The minimum Gasteiger partial charge on any atom is -0.497 e. The van der Waals surface area contributed by atoms with E-state index in [9.17, 15) is 0 Å². The maximum Gasteiger partial charge on any atom is 0.118 e. The predicted molar refractivity (Wildman–Crippen MR) is 46.5 cm³/mol. The van der Waals surface area contributed by atoms with Gasteiger partial charge in [-0.25, -0.2) is 0 Å². The van der Waals surface area contributed by atoms with Crippen molar-refractivity contribution in [1.82, 2.24) is 0 Å². The van der Waals surface area contributed by atoms with Crippen LogP contribution in [0.3, 0.4) is 0 Å². The fraction of sp³-hybridized carbons (Fsp3) is 0.222. The molecule has 0 aliphatic carbocycles. The maximum absolute atomic E-state index is 5.00. The first-order valence-corrected chi connectivity index (χ1v) is 3.43. The lowest BCUT2D eigenvalue weighted by atomic mass is 10.2. The summed E-state index contributed by atoms with van der Waals surface area (Å²) in [7, 11) is 3.41. The summed E-state index contributed by atoms with van der Waals surface area (Å²) in [5.74, 6) is 0.873. The van der Waals surface area contributed by atoms with E-state index in [1.54, 1.807) is 20.4 Å². The Morgan fingerprint density at radius 3 is 2.36 bits per heavy atom. The summed E-state index contributed by atoms with van der Waals surface area (Å²) in [5, 5.41) is 0. The van der Waals surface area contributed by atoms with Gasteiger partial charge in [-0.3, -0.25) is 4.99 Å². The Hall–Kier alpha value is -1.31. The number of hydrogen-bond acceptors (Lipinski definition) is 2. The third-order valence-corrected chi connectivity index (χ3v) is 1.39. The number of hydrogen-bond donors (Lipinski definition) is 0. The van der Waals surface area contributed by atoms with E-state index >= 15 is 0 Å². The van der Waals surface area contributed by atoms with E-state index in [1.807, 2.05) is 24.3 Å². The van der Waals surface area contributed by atoms with Crippen LogP contribution < -0.4 is 4.74 Å². The molecular weight excluding hydrogens is 138 g/mol. The molecule has 0 radical (unpaired) electrons. The van der Waals surface area contributed by atoms with Gasteiger partial charge in [-0.05, 0) is 29.8 Å². The first-order valence-electron chi connectivity index (χ1n) is 3.43. The molecule has 0 bridgehead atoms. The van der Waals surface area contributed by atoms with Crippen LogP contribution in [0.25, 0.3) is 0 Å². The molecule has 58 valence electrons. The molecular formula is C9H11NO. The van der Waals surface area contributed by atoms with Gasteiger partial charge >= 0.3 is 0 Å². The number of methoxy groups -OCH3 is 1. The van der Waals surface area contributed by atoms with Crippen LogP contribution in [-0.4, -0.2) is 20.4 Å². The maximum atomic E-state index is 5.00. The molecule has 0 aromatic heterocycles. The largest absolute Gasteiger partial charge is 0.497 e. The van der Waals surface area contributed by atoms with Gasteiger partial charge in [-0.2, -0.15) is 0 Å². The molecule has 0 heterocycles. The normalized spacial score (nSPS) is 10.4. The summed E-state index contributed by atoms with van der Waals surface area (Å²) >= 11 is 0. The highest BCUT2D eigenvalue weighted by molar-refractivity contribution is 5.79. The average molecular weight is 149 g/mol. The molecule has 1 aromatic rings. The second-order valence-corrected chi connectivity index (χ2v) is 2.16. The number of ether oxygens (including phenoxy) is 1. The number of aliphatic imine (C=N–C) groups is 1. The topological polar surface area (TPSA) is 21.6 Å². The van der Waals surface area contributed by atoms with Crippen LogP contribution in [0.2, 0.25) is 0 Å². The second-order valence-electron chi connectivity index (χ2n) is 2.16. The molecule has 0 amide bonds. The Labute approximate surface area is 66.5 Å². The quantitative estimate of drug-likeness (QED) is 0.587. The van der Waals surface area contributed by atoms with Gasteiger partial charge in [0.1, 0.15) is 5.75 Å². The van der Waals surface area contributed by atoms with E-state index < -0.39 is 0 Å². The lowest BCUT2D eigenvalue weighted by molar-refractivity contribution is 0.415. The van der Waals surface area contributed by atoms with Crippen LogP contribution in [0.15, 0.2) is 29.3 Å². The lowest BCUT2D eigenvalue weighted by Gasteiger charge is -1.97. The summed E-state index contributed by atoms with van der Waals surface area (Å²) in [6, 6.07) is 7.76. The zero-order valence-corrected chi connectivity index (χ0v) is 6.74. The lowest BCUT2D eigenvalue weighted by Crippen LogP contribution is -1.83. The Kier molecular flexibility index (Phi) is 2.66. The van der Waals surface area contributed by atoms with E-state index in [0.29, 0.717) is 0 Å². The smallest absolute Gasteiger partial charge is 0.118 e. The van der Waals surface area contributed by atoms with Crippen molar-refractivity contribution in [2.75, 3.05) is 14.2 Å². The molecule has 2 nitrogen and oxygen atoms in total. The molecule has 0 atom stereocenters. The van der Waals surface area contributed by atoms with E-state index in [-0.39, 0.29) is 0 Å². The minimum absolute atomic E-state index is 0.873. The molecule has 11 heavy (non-hydrogen) atoms. The molecule has 0 unspecified atom stereocenters. The Morgan fingerprint density at radius 2 is 1.91 bits per heavy atom. The Morgan fingerprint density at radius 1 is 1.27 bits per heavy atom. The molecule has 1 rings (SSSR count). The Balaban J connectivity index is 2.82. The zero-order valence-electron chi connectivity index (χ0n) is 6.74. The van der Waals surface area contributed by atoms with Crippen LogP contribution in [0, 0.1) is 0 Å². The van der Waals surface area contributed by atoms with E-state index in [0.717, 1.165) is 11.3 Å². The third kappa shape index (κ3) is 2.08. The summed E-state index contributed by atoms with van der Waals surface area (Å²) in [6.45, 7) is 0. The first kappa shape index (κ1) is 7.79. The van der Waals surface area contributed by atoms with Gasteiger partial charge in [-0.1, -0.05) is 0 Å². The second kappa shape index (κ2) is 3.76. The predicted octanol–water partition coefficient (Wildman–Crippen LogP) is 1.74. The molecule has 0 saturated carbocycles. The van der Waals surface area contributed by atoms with Crippen LogP contribution in [0.5, 0.6) is 5.75 Å². The van der Waals surface area contributed by atoms with Crippen molar-refractivity contribution in [3.05, 3.63) is 29.8 Å². The molecule has 0 N–H and O–H groups in total. The Bertz CT molecular complexity index is 238. The zero-order chi connectivity index (χ0) is 8.10. The van der Waals surface area contributed by atoms with Crippen molar-refractivity contribution in [3.8, 4) is 5.75 Å². The summed E-state index contributed by atoms with van der Waals surface area (Å²) in [4.78, 5) is 3.90. The van der Waals surface area contributed by atoms with Gasteiger partial charge in [0, 0.05) is 13.3 Å².